The summed E-state index contributed by atoms with van der Waals surface area (Å²) in [5.41, 5.74) is -2.66. The van der Waals surface area contributed by atoms with Crippen LogP contribution in [0.2, 0.25) is 0 Å². The van der Waals surface area contributed by atoms with Crippen molar-refractivity contribution < 1.29 is 60.5 Å². The van der Waals surface area contributed by atoms with Crippen molar-refractivity contribution in [3.05, 3.63) is 65.8 Å². The summed E-state index contributed by atoms with van der Waals surface area (Å²) in [7, 11) is -6.09. The summed E-state index contributed by atoms with van der Waals surface area (Å²) in [6, 6.07) is 9.89. The molecule has 0 aromatic heterocycles. The van der Waals surface area contributed by atoms with Crippen LogP contribution in [0, 0.1) is 27.9 Å². The predicted molar refractivity (Wildman–Crippen MR) is 85.2 cm³/mol. The van der Waals surface area contributed by atoms with Crippen LogP contribution >= 0.6 is 0 Å². The summed E-state index contributed by atoms with van der Waals surface area (Å²) in [6.07, 6.45) is -4.27. The Balaban J connectivity index is 0.000000416. The second kappa shape index (κ2) is 8.99. The van der Waals surface area contributed by atoms with Gasteiger partial charge in [-0.2, -0.15) is 26.3 Å². The van der Waals surface area contributed by atoms with Gasteiger partial charge in [0.25, 0.3) is 0 Å². The standard InChI is InChI=1S/C16H15F3I.CHF3O3S/c1-10-7-11(2)15(12(3)8-10)20-14-6-4-5-13(9-14)16(17,18)19;2-1(3,4)8(5,6)7/h4-9H,1-3H3;(H,5,6,7)/q+1;/p-1. The molecule has 3 nitrogen and oxygen atoms in total. The molecule has 2 rings (SSSR count). The van der Waals surface area contributed by atoms with E-state index in [2.05, 4.69) is 12.1 Å². The highest BCUT2D eigenvalue weighted by atomic mass is 127. The van der Waals surface area contributed by atoms with E-state index in [-0.39, 0.29) is 0 Å². The van der Waals surface area contributed by atoms with Crippen LogP contribution in [-0.2, 0) is 16.3 Å². The Morgan fingerprint density at radius 2 is 1.36 bits per heavy atom. The summed E-state index contributed by atoms with van der Waals surface area (Å²) < 4.78 is 99.1. The van der Waals surface area contributed by atoms with E-state index in [1.54, 1.807) is 6.07 Å². The molecule has 0 saturated carbocycles. The van der Waals surface area contributed by atoms with Gasteiger partial charge in [0, 0.05) is 17.2 Å². The van der Waals surface area contributed by atoms with Crippen molar-refractivity contribution in [2.24, 2.45) is 0 Å². The molecule has 28 heavy (non-hydrogen) atoms. The lowest BCUT2D eigenvalue weighted by molar-refractivity contribution is -0.598. The van der Waals surface area contributed by atoms with Gasteiger partial charge in [0.2, 0.25) is 0 Å². The van der Waals surface area contributed by atoms with E-state index in [0.29, 0.717) is 0 Å². The maximum atomic E-state index is 12.7. The van der Waals surface area contributed by atoms with Crippen LogP contribution < -0.4 is 21.2 Å². The van der Waals surface area contributed by atoms with Crippen LogP contribution in [0.15, 0.2) is 36.4 Å². The number of alkyl halides is 6. The maximum absolute atomic E-state index is 12.7. The molecular formula is C17H15F6IO3S. The van der Waals surface area contributed by atoms with E-state index in [0.717, 1.165) is 9.64 Å². The number of rotatable bonds is 2. The normalized spacial score (nSPS) is 12.4. The first-order chi connectivity index (χ1) is 12.5. The van der Waals surface area contributed by atoms with E-state index < -0.39 is 48.6 Å². The zero-order valence-electron chi connectivity index (χ0n) is 14.7. The van der Waals surface area contributed by atoms with Crippen molar-refractivity contribution >= 4 is 10.1 Å². The second-order valence-corrected chi connectivity index (χ2v) is 9.95. The van der Waals surface area contributed by atoms with Gasteiger partial charge in [-0.1, -0.05) is 23.8 Å². The van der Waals surface area contributed by atoms with Gasteiger partial charge in [-0.15, -0.1) is 0 Å². The molecule has 2 aromatic carbocycles. The number of aryl methyl sites for hydroxylation is 3. The smallest absolute Gasteiger partial charge is 0.485 e. The molecule has 0 aliphatic carbocycles. The molecule has 0 atom stereocenters. The first-order valence-corrected chi connectivity index (χ1v) is 11.0. The molecule has 2 aromatic rings. The zero-order chi connectivity index (χ0) is 21.9. The van der Waals surface area contributed by atoms with Gasteiger partial charge in [0.15, 0.2) is 17.3 Å². The third-order valence-corrected chi connectivity index (χ3v) is 7.32. The topological polar surface area (TPSA) is 57.2 Å². The highest BCUT2D eigenvalue weighted by Crippen LogP contribution is 2.28. The minimum atomic E-state index is -6.09. The van der Waals surface area contributed by atoms with E-state index in [1.165, 1.54) is 32.4 Å². The minimum Gasteiger partial charge on any atom is -0.741 e. The van der Waals surface area contributed by atoms with Crippen LogP contribution in [-0.4, -0.2) is 18.5 Å². The zero-order valence-corrected chi connectivity index (χ0v) is 17.7. The summed E-state index contributed by atoms with van der Waals surface area (Å²) >= 11 is -0.593. The van der Waals surface area contributed by atoms with E-state index in [4.69, 9.17) is 13.0 Å². The van der Waals surface area contributed by atoms with Crippen molar-refractivity contribution in [3.8, 4) is 0 Å². The summed E-state index contributed by atoms with van der Waals surface area (Å²) in [5.74, 6) is 0. The third kappa shape index (κ3) is 7.24. The van der Waals surface area contributed by atoms with E-state index in [9.17, 15) is 26.3 Å². The molecule has 0 aliphatic rings. The lowest BCUT2D eigenvalue weighted by Crippen LogP contribution is -3.62. The Bertz CT molecular complexity index is 914. The number of halogens is 7. The van der Waals surface area contributed by atoms with Crippen molar-refractivity contribution in [3.63, 3.8) is 0 Å². The fourth-order valence-electron chi connectivity index (χ4n) is 2.14. The minimum absolute atomic E-state index is 0.558. The number of hydrogen-bond acceptors (Lipinski definition) is 3. The molecule has 0 bridgehead atoms. The van der Waals surface area contributed by atoms with Crippen molar-refractivity contribution in [1.82, 2.24) is 0 Å². The Labute approximate surface area is 168 Å². The molecule has 11 heteroatoms. The first kappa shape index (κ1) is 24.7. The van der Waals surface area contributed by atoms with Gasteiger partial charge in [-0.25, -0.2) is 8.42 Å². The van der Waals surface area contributed by atoms with Crippen LogP contribution in [0.3, 0.4) is 0 Å². The number of hydrogen-bond donors (Lipinski definition) is 0. The van der Waals surface area contributed by atoms with Crippen molar-refractivity contribution in [1.29, 1.82) is 0 Å². The maximum Gasteiger partial charge on any atom is 0.485 e. The second-order valence-electron chi connectivity index (χ2n) is 5.72. The SMILES string of the molecule is Cc1cc(C)c([I+]c2cccc(C(F)(F)F)c2)c(C)c1.O=S(=O)([O-])C(F)(F)F. The van der Waals surface area contributed by atoms with Gasteiger partial charge < -0.3 is 4.55 Å². The molecule has 0 spiro atoms. The van der Waals surface area contributed by atoms with Gasteiger partial charge in [0.1, 0.15) is 0 Å². The molecule has 156 valence electrons. The van der Waals surface area contributed by atoms with Gasteiger partial charge in [-0.05, 0) is 32.9 Å². The Kier molecular flexibility index (Phi) is 7.93. The van der Waals surface area contributed by atoms with Crippen molar-refractivity contribution in [2.45, 2.75) is 32.5 Å². The highest BCUT2D eigenvalue weighted by molar-refractivity contribution is 7.86. The van der Waals surface area contributed by atoms with Crippen LogP contribution in [0.5, 0.6) is 0 Å². The molecule has 0 fully saturated rings. The fourth-order valence-corrected chi connectivity index (χ4v) is 4.81. The molecule has 0 amide bonds. The first-order valence-electron chi connectivity index (χ1n) is 7.44. The lowest BCUT2D eigenvalue weighted by Gasteiger charge is -2.08. The largest absolute Gasteiger partial charge is 0.741 e. The van der Waals surface area contributed by atoms with Gasteiger partial charge in [0.05, 0.1) is 5.56 Å². The molecule has 0 aliphatic heterocycles. The fraction of sp³-hybridized carbons (Fsp3) is 0.294. The van der Waals surface area contributed by atoms with Crippen molar-refractivity contribution in [2.75, 3.05) is 0 Å². The predicted octanol–water partition coefficient (Wildman–Crippen LogP) is 1.81. The number of benzene rings is 2. The summed E-state index contributed by atoms with van der Waals surface area (Å²) in [4.78, 5) is 0. The Morgan fingerprint density at radius 1 is 0.893 bits per heavy atom. The lowest BCUT2D eigenvalue weighted by atomic mass is 10.1. The molecule has 0 saturated heterocycles. The highest BCUT2D eigenvalue weighted by Gasteiger charge is 2.37. The summed E-state index contributed by atoms with van der Waals surface area (Å²) in [6.45, 7) is 6.09. The summed E-state index contributed by atoms with van der Waals surface area (Å²) in [5, 5.41) is 0. The third-order valence-electron chi connectivity index (χ3n) is 3.22. The van der Waals surface area contributed by atoms with Crippen LogP contribution in [0.25, 0.3) is 0 Å². The molecule has 0 N–H and O–H groups in total. The Hall–Kier alpha value is -1.34. The van der Waals surface area contributed by atoms with E-state index >= 15 is 0 Å². The van der Waals surface area contributed by atoms with Gasteiger partial charge >= 0.3 is 32.9 Å². The van der Waals surface area contributed by atoms with Gasteiger partial charge in [-0.3, -0.25) is 0 Å². The average Bonchev–Trinajstić information content (AvgIpc) is 2.49. The van der Waals surface area contributed by atoms with Crippen LogP contribution in [0.1, 0.15) is 22.3 Å². The molecule has 0 heterocycles. The molecule has 0 radical (unpaired) electrons. The molecule has 0 unspecified atom stereocenters. The van der Waals surface area contributed by atoms with Crippen LogP contribution in [0.4, 0.5) is 26.3 Å². The van der Waals surface area contributed by atoms with E-state index in [1.807, 2.05) is 20.8 Å². The molecular weight excluding hydrogens is 525 g/mol. The quantitative estimate of drug-likeness (QED) is 0.253. The monoisotopic (exact) mass is 540 g/mol. The average molecular weight is 540 g/mol. The Morgan fingerprint density at radius 3 is 1.75 bits per heavy atom.